The van der Waals surface area contributed by atoms with Crippen molar-refractivity contribution in [3.63, 3.8) is 0 Å². The fourth-order valence-electron chi connectivity index (χ4n) is 1.15. The van der Waals surface area contributed by atoms with Gasteiger partial charge in [0.05, 0.1) is 6.61 Å². The first kappa shape index (κ1) is 15.3. The molecule has 1 atom stereocenters. The van der Waals surface area contributed by atoms with Crippen LogP contribution in [0.25, 0.3) is 0 Å². The van der Waals surface area contributed by atoms with E-state index in [1.165, 1.54) is 0 Å². The molecule has 1 unspecified atom stereocenters. The van der Waals surface area contributed by atoms with E-state index in [4.69, 9.17) is 15.2 Å². The van der Waals surface area contributed by atoms with Crippen LogP contribution in [0.5, 0.6) is 0 Å². The fourth-order valence-corrected chi connectivity index (χ4v) is 1.15. The smallest absolute Gasteiger partial charge is 0.251 e. The first-order chi connectivity index (χ1) is 7.60. The number of rotatable bonds is 9. The lowest BCUT2D eigenvalue weighted by molar-refractivity contribution is -0.141. The largest absolute Gasteiger partial charge is 0.380 e. The Morgan fingerprint density at radius 3 is 2.62 bits per heavy atom. The highest BCUT2D eigenvalue weighted by Gasteiger charge is 2.30. The zero-order chi connectivity index (χ0) is 12.4. The minimum absolute atomic E-state index is 0.0728. The highest BCUT2D eigenvalue weighted by atomic mass is 16.5. The molecule has 0 bridgehead atoms. The van der Waals surface area contributed by atoms with E-state index in [1.54, 1.807) is 14.0 Å². The first-order valence-electron chi connectivity index (χ1n) is 5.72. The van der Waals surface area contributed by atoms with Crippen molar-refractivity contribution in [2.24, 2.45) is 5.73 Å². The van der Waals surface area contributed by atoms with Crippen molar-refractivity contribution in [1.29, 1.82) is 0 Å². The van der Waals surface area contributed by atoms with Crippen molar-refractivity contribution in [2.75, 3.05) is 33.4 Å². The van der Waals surface area contributed by atoms with Gasteiger partial charge in [0.15, 0.2) is 0 Å². The Morgan fingerprint density at radius 1 is 1.44 bits per heavy atom. The fraction of sp³-hybridized carbons (Fsp3) is 0.909. The van der Waals surface area contributed by atoms with Crippen LogP contribution in [0.2, 0.25) is 0 Å². The summed E-state index contributed by atoms with van der Waals surface area (Å²) in [7, 11) is 1.55. The molecule has 0 rings (SSSR count). The van der Waals surface area contributed by atoms with Crippen LogP contribution in [0.15, 0.2) is 0 Å². The summed E-state index contributed by atoms with van der Waals surface area (Å²) in [4.78, 5) is 11.7. The van der Waals surface area contributed by atoms with Gasteiger partial charge in [-0.15, -0.1) is 0 Å². The Hall–Kier alpha value is -0.650. The number of nitrogens with one attached hydrogen (secondary N) is 1. The highest BCUT2D eigenvalue weighted by Crippen LogP contribution is 2.13. The number of carbonyl (C=O) groups excluding carboxylic acids is 1. The number of hydrogen-bond donors (Lipinski definition) is 2. The third-order valence-corrected chi connectivity index (χ3v) is 2.62. The van der Waals surface area contributed by atoms with Crippen molar-refractivity contribution in [1.82, 2.24) is 5.32 Å². The van der Waals surface area contributed by atoms with Gasteiger partial charge in [0.25, 0.3) is 5.91 Å². The summed E-state index contributed by atoms with van der Waals surface area (Å²) >= 11 is 0. The van der Waals surface area contributed by atoms with Gasteiger partial charge >= 0.3 is 0 Å². The molecule has 5 heteroatoms. The highest BCUT2D eigenvalue weighted by molar-refractivity contribution is 5.84. The minimum atomic E-state index is -0.724. The second-order valence-corrected chi connectivity index (χ2v) is 3.80. The van der Waals surface area contributed by atoms with E-state index in [0.29, 0.717) is 32.7 Å². The molecule has 0 saturated heterocycles. The predicted molar refractivity (Wildman–Crippen MR) is 63.2 cm³/mol. The van der Waals surface area contributed by atoms with E-state index in [1.807, 2.05) is 6.92 Å². The SMILES string of the molecule is CCC(C)(OC)C(=O)NCCCOCCN. The molecule has 0 saturated carbocycles. The number of methoxy groups -OCH3 is 1. The Bertz CT molecular complexity index is 194. The van der Waals surface area contributed by atoms with Gasteiger partial charge in [-0.1, -0.05) is 6.92 Å². The molecule has 0 aliphatic rings. The van der Waals surface area contributed by atoms with Gasteiger partial charge in [0.1, 0.15) is 5.60 Å². The van der Waals surface area contributed by atoms with E-state index in [2.05, 4.69) is 5.32 Å². The van der Waals surface area contributed by atoms with E-state index in [9.17, 15) is 4.79 Å². The molecule has 16 heavy (non-hydrogen) atoms. The Morgan fingerprint density at radius 2 is 2.12 bits per heavy atom. The average Bonchev–Trinajstić information content (AvgIpc) is 2.32. The molecule has 0 aromatic rings. The number of nitrogens with two attached hydrogens (primary N) is 1. The molecule has 96 valence electrons. The topological polar surface area (TPSA) is 73.6 Å². The molecular formula is C11H24N2O3. The zero-order valence-corrected chi connectivity index (χ0v) is 10.5. The molecule has 0 fully saturated rings. The summed E-state index contributed by atoms with van der Waals surface area (Å²) in [6.07, 6.45) is 1.44. The number of ether oxygens (including phenoxy) is 2. The number of amides is 1. The average molecular weight is 232 g/mol. The summed E-state index contributed by atoms with van der Waals surface area (Å²) in [5.41, 5.74) is 4.55. The van der Waals surface area contributed by atoms with Crippen LogP contribution in [0.4, 0.5) is 0 Å². The summed E-state index contributed by atoms with van der Waals surface area (Å²) in [5, 5.41) is 2.83. The third kappa shape index (κ3) is 5.44. The molecule has 0 aromatic carbocycles. The molecule has 0 spiro atoms. The van der Waals surface area contributed by atoms with Gasteiger partial charge < -0.3 is 20.5 Å². The maximum atomic E-state index is 11.7. The molecular weight excluding hydrogens is 208 g/mol. The minimum Gasteiger partial charge on any atom is -0.380 e. The molecule has 0 heterocycles. The Labute approximate surface area is 97.7 Å². The van der Waals surface area contributed by atoms with Gasteiger partial charge in [-0.25, -0.2) is 0 Å². The van der Waals surface area contributed by atoms with Crippen molar-refractivity contribution in [3.8, 4) is 0 Å². The monoisotopic (exact) mass is 232 g/mol. The van der Waals surface area contributed by atoms with Crippen LogP contribution in [0.3, 0.4) is 0 Å². The van der Waals surface area contributed by atoms with E-state index < -0.39 is 5.60 Å². The molecule has 0 aromatic heterocycles. The predicted octanol–water partition coefficient (Wildman–Crippen LogP) is 0.283. The lowest BCUT2D eigenvalue weighted by Crippen LogP contribution is -2.45. The van der Waals surface area contributed by atoms with Gasteiger partial charge in [-0.3, -0.25) is 4.79 Å². The van der Waals surface area contributed by atoms with Gasteiger partial charge in [0, 0.05) is 26.8 Å². The van der Waals surface area contributed by atoms with Crippen molar-refractivity contribution in [2.45, 2.75) is 32.3 Å². The van der Waals surface area contributed by atoms with E-state index in [0.717, 1.165) is 6.42 Å². The lowest BCUT2D eigenvalue weighted by Gasteiger charge is -2.25. The Kier molecular flexibility index (Phi) is 8.15. The summed E-state index contributed by atoms with van der Waals surface area (Å²) in [5.74, 6) is -0.0728. The first-order valence-corrected chi connectivity index (χ1v) is 5.72. The number of hydrogen-bond acceptors (Lipinski definition) is 4. The molecule has 3 N–H and O–H groups in total. The Balaban J connectivity index is 3.64. The standard InChI is InChI=1S/C11H24N2O3/c1-4-11(2,15-3)10(14)13-7-5-8-16-9-6-12/h4-9,12H2,1-3H3,(H,13,14). The van der Waals surface area contributed by atoms with E-state index in [-0.39, 0.29) is 5.91 Å². The summed E-state index contributed by atoms with van der Waals surface area (Å²) in [6, 6.07) is 0. The summed E-state index contributed by atoms with van der Waals surface area (Å²) in [6.45, 7) is 6.03. The van der Waals surface area contributed by atoms with Gasteiger partial charge in [-0.2, -0.15) is 0 Å². The van der Waals surface area contributed by atoms with Crippen LogP contribution in [0, 0.1) is 0 Å². The van der Waals surface area contributed by atoms with Gasteiger partial charge in [-0.05, 0) is 19.8 Å². The maximum absolute atomic E-state index is 11.7. The van der Waals surface area contributed by atoms with Crippen molar-refractivity contribution >= 4 is 5.91 Å². The lowest BCUT2D eigenvalue weighted by atomic mass is 10.0. The molecule has 5 nitrogen and oxygen atoms in total. The van der Waals surface area contributed by atoms with E-state index >= 15 is 0 Å². The second-order valence-electron chi connectivity index (χ2n) is 3.80. The zero-order valence-electron chi connectivity index (χ0n) is 10.5. The van der Waals surface area contributed by atoms with Crippen LogP contribution in [-0.2, 0) is 14.3 Å². The quantitative estimate of drug-likeness (QED) is 0.560. The molecule has 1 amide bonds. The van der Waals surface area contributed by atoms with Crippen LogP contribution in [0.1, 0.15) is 26.7 Å². The number of carbonyl (C=O) groups is 1. The van der Waals surface area contributed by atoms with Crippen molar-refractivity contribution < 1.29 is 14.3 Å². The molecule has 0 aliphatic heterocycles. The molecule has 0 radical (unpaired) electrons. The van der Waals surface area contributed by atoms with Crippen molar-refractivity contribution in [3.05, 3.63) is 0 Å². The normalized spacial score (nSPS) is 14.5. The van der Waals surface area contributed by atoms with Crippen LogP contribution < -0.4 is 11.1 Å². The van der Waals surface area contributed by atoms with Crippen LogP contribution >= 0.6 is 0 Å². The maximum Gasteiger partial charge on any atom is 0.251 e. The summed E-state index contributed by atoms with van der Waals surface area (Å²) < 4.78 is 10.4. The molecule has 0 aliphatic carbocycles. The van der Waals surface area contributed by atoms with Gasteiger partial charge in [0.2, 0.25) is 0 Å². The van der Waals surface area contributed by atoms with Crippen LogP contribution in [-0.4, -0.2) is 44.9 Å². The third-order valence-electron chi connectivity index (χ3n) is 2.62. The second kappa shape index (κ2) is 8.50.